The van der Waals surface area contributed by atoms with E-state index in [9.17, 15) is 14.7 Å². The minimum atomic E-state index is -1.53. The van der Waals surface area contributed by atoms with Crippen LogP contribution in [0.2, 0.25) is 0 Å². The van der Waals surface area contributed by atoms with E-state index in [4.69, 9.17) is 21.9 Å². The summed E-state index contributed by atoms with van der Waals surface area (Å²) < 4.78 is 5.98. The van der Waals surface area contributed by atoms with Gasteiger partial charge in [-0.1, -0.05) is 30.3 Å². The van der Waals surface area contributed by atoms with E-state index in [2.05, 4.69) is 10.6 Å². The van der Waals surface area contributed by atoms with Crippen molar-refractivity contribution in [2.45, 2.75) is 46.7 Å². The van der Waals surface area contributed by atoms with Crippen LogP contribution >= 0.6 is 11.8 Å². The first-order valence-corrected chi connectivity index (χ1v) is 13.8. The second-order valence-corrected chi connectivity index (χ2v) is 11.6. The molecule has 1 amide bonds. The Labute approximate surface area is 230 Å². The summed E-state index contributed by atoms with van der Waals surface area (Å²) in [4.78, 5) is 28.2. The minimum absolute atomic E-state index is 0.286. The third-order valence-electron chi connectivity index (χ3n) is 8.00. The van der Waals surface area contributed by atoms with Crippen LogP contribution < -0.4 is 32.6 Å². The number of aliphatic hydroxyl groups excluding tert-OH is 1. The first-order valence-electron chi connectivity index (χ1n) is 12.9. The highest BCUT2D eigenvalue weighted by molar-refractivity contribution is 8.01. The van der Waals surface area contributed by atoms with Crippen LogP contribution in [0, 0.1) is 6.92 Å². The molecule has 0 bridgehead atoms. The normalized spacial score (nSPS) is 29.2. The lowest BCUT2D eigenvalue weighted by Crippen LogP contribution is -2.61. The molecule has 9 nitrogen and oxygen atoms in total. The minimum Gasteiger partial charge on any atom is -0.457 e. The SMILES string of the molecule is Cc1cc(Oc2ccccc2)ccc1C1(N)C(=O)C(N)C2c3c1ccc(N)c3SC2C(=O)N[C@H]1CNC[C@H]1O. The number of benzene rings is 3. The Hall–Kier alpha value is -3.41. The van der Waals surface area contributed by atoms with Gasteiger partial charge in [-0.15, -0.1) is 11.8 Å². The van der Waals surface area contributed by atoms with Crippen molar-refractivity contribution in [3.8, 4) is 11.5 Å². The third kappa shape index (κ3) is 4.11. The zero-order valence-corrected chi connectivity index (χ0v) is 22.2. The number of aryl methyl sites for hydroxylation is 1. The summed E-state index contributed by atoms with van der Waals surface area (Å²) >= 11 is 1.31. The number of amides is 1. The maximum absolute atomic E-state index is 14.1. The molecule has 3 aromatic carbocycles. The molecule has 6 rings (SSSR count). The Morgan fingerprint density at radius 3 is 2.54 bits per heavy atom. The van der Waals surface area contributed by atoms with Crippen LogP contribution in [-0.2, 0) is 15.1 Å². The van der Waals surface area contributed by atoms with E-state index in [1.807, 2.05) is 49.4 Å². The number of rotatable bonds is 5. The summed E-state index contributed by atoms with van der Waals surface area (Å²) in [5, 5.41) is 15.5. The maximum Gasteiger partial charge on any atom is 0.234 e. The van der Waals surface area contributed by atoms with Crippen molar-refractivity contribution in [3.63, 3.8) is 0 Å². The maximum atomic E-state index is 14.1. The van der Waals surface area contributed by atoms with Gasteiger partial charge in [-0.3, -0.25) is 9.59 Å². The predicted octanol–water partition coefficient (Wildman–Crippen LogP) is 1.49. The van der Waals surface area contributed by atoms with Gasteiger partial charge in [0.25, 0.3) is 0 Å². The topological polar surface area (TPSA) is 166 Å². The van der Waals surface area contributed by atoms with Crippen molar-refractivity contribution in [2.24, 2.45) is 11.5 Å². The van der Waals surface area contributed by atoms with Crippen molar-refractivity contribution in [1.82, 2.24) is 10.6 Å². The Bertz CT molecular complexity index is 1470. The average molecular weight is 546 g/mol. The lowest BCUT2D eigenvalue weighted by Gasteiger charge is -2.42. The summed E-state index contributed by atoms with van der Waals surface area (Å²) in [5.74, 6) is 0.0727. The first-order chi connectivity index (χ1) is 18.7. The highest BCUT2D eigenvalue weighted by Crippen LogP contribution is 2.56. The largest absolute Gasteiger partial charge is 0.457 e. The summed E-state index contributed by atoms with van der Waals surface area (Å²) in [7, 11) is 0. The molecule has 0 radical (unpaired) electrons. The van der Waals surface area contributed by atoms with Gasteiger partial charge in [-0.25, -0.2) is 0 Å². The van der Waals surface area contributed by atoms with Gasteiger partial charge >= 0.3 is 0 Å². The number of Topliss-reactive ketones (excluding diaryl/α,β-unsaturated/α-hetero) is 1. The monoisotopic (exact) mass is 545 g/mol. The number of carbonyl (C=O) groups excluding carboxylic acids is 2. The molecule has 0 saturated carbocycles. The highest BCUT2D eigenvalue weighted by Gasteiger charge is 2.57. The fourth-order valence-corrected chi connectivity index (χ4v) is 7.50. The molecule has 3 aromatic rings. The molecule has 4 unspecified atom stereocenters. The molecular weight excluding hydrogens is 514 g/mol. The number of nitrogens with one attached hydrogen (secondary N) is 2. The van der Waals surface area contributed by atoms with Crippen LogP contribution in [0.25, 0.3) is 0 Å². The molecule has 2 heterocycles. The number of β-amino-alcohol motifs (C(OH)–C–C–N with tert-alkyl or cyclic N) is 1. The predicted molar refractivity (Wildman–Crippen MR) is 150 cm³/mol. The van der Waals surface area contributed by atoms with Crippen LogP contribution in [0.4, 0.5) is 5.69 Å². The van der Waals surface area contributed by atoms with Crippen molar-refractivity contribution < 1.29 is 19.4 Å². The number of nitrogens with two attached hydrogens (primary N) is 3. The number of aliphatic hydroxyl groups is 1. The summed E-state index contributed by atoms with van der Waals surface area (Å²) in [6.45, 7) is 2.76. The van der Waals surface area contributed by atoms with Crippen molar-refractivity contribution in [2.75, 3.05) is 18.8 Å². The van der Waals surface area contributed by atoms with E-state index in [1.54, 1.807) is 18.2 Å². The van der Waals surface area contributed by atoms with E-state index in [0.29, 0.717) is 41.4 Å². The zero-order chi connectivity index (χ0) is 27.5. The summed E-state index contributed by atoms with van der Waals surface area (Å²) in [5.41, 5.74) is 21.8. The van der Waals surface area contributed by atoms with E-state index in [0.717, 1.165) is 16.0 Å². The molecule has 6 atom stereocenters. The molecule has 39 heavy (non-hydrogen) atoms. The summed E-state index contributed by atoms with van der Waals surface area (Å²) in [6, 6.07) is 17.0. The standard InChI is InChI=1S/C29H31N5O4S/c1-14-11-16(38-15-5-3-2-4-6-15)7-8-17(14)29(32)18-9-10-19(30)25-22(18)23(24(31)27(29)36)26(39-25)28(37)34-20-12-33-13-21(20)35/h2-11,20-21,23-24,26,33,35H,12-13,30-32H2,1H3,(H,34,37)/t20-,21+,23?,24?,26?,29?/m0/s1. The molecule has 9 N–H and O–H groups in total. The molecule has 10 heteroatoms. The van der Waals surface area contributed by atoms with Gasteiger partial charge in [-0.2, -0.15) is 0 Å². The second-order valence-electron chi connectivity index (χ2n) is 10.4. The number of hydrogen-bond donors (Lipinski definition) is 6. The van der Waals surface area contributed by atoms with E-state index < -0.39 is 34.9 Å². The van der Waals surface area contributed by atoms with Gasteiger partial charge in [-0.05, 0) is 59.5 Å². The van der Waals surface area contributed by atoms with Gasteiger partial charge in [0.05, 0.1) is 23.4 Å². The number of carbonyl (C=O) groups is 2. The van der Waals surface area contributed by atoms with Crippen LogP contribution in [0.15, 0.2) is 65.6 Å². The molecule has 0 aromatic heterocycles. The lowest BCUT2D eigenvalue weighted by molar-refractivity contribution is -0.126. The lowest BCUT2D eigenvalue weighted by atomic mass is 9.64. The fraction of sp³-hybridized carbons (Fsp3) is 0.310. The average Bonchev–Trinajstić information content (AvgIpc) is 3.52. The molecule has 3 aliphatic rings. The van der Waals surface area contributed by atoms with E-state index >= 15 is 0 Å². The quantitative estimate of drug-likeness (QED) is 0.261. The Morgan fingerprint density at radius 2 is 1.85 bits per heavy atom. The van der Waals surface area contributed by atoms with E-state index in [1.165, 1.54) is 11.8 Å². The highest BCUT2D eigenvalue weighted by atomic mass is 32.2. The Kier molecular flexibility index (Phi) is 6.40. The van der Waals surface area contributed by atoms with Crippen LogP contribution in [0.3, 0.4) is 0 Å². The number of hydrogen-bond acceptors (Lipinski definition) is 9. The van der Waals surface area contributed by atoms with Gasteiger partial charge in [0.15, 0.2) is 5.78 Å². The second kappa shape index (κ2) is 9.65. The fourth-order valence-electron chi connectivity index (χ4n) is 6.04. The molecule has 0 spiro atoms. The zero-order valence-electron chi connectivity index (χ0n) is 21.4. The van der Waals surface area contributed by atoms with Crippen molar-refractivity contribution in [1.29, 1.82) is 0 Å². The Morgan fingerprint density at radius 1 is 1.10 bits per heavy atom. The number of thioether (sulfide) groups is 1. The third-order valence-corrected chi connectivity index (χ3v) is 9.46. The number of ketones is 1. The van der Waals surface area contributed by atoms with Gasteiger partial charge < -0.3 is 37.7 Å². The Balaban J connectivity index is 1.38. The number of anilines is 1. The first kappa shape index (κ1) is 25.8. The van der Waals surface area contributed by atoms with Gasteiger partial charge in [0.2, 0.25) is 5.91 Å². The van der Waals surface area contributed by atoms with Crippen molar-refractivity contribution in [3.05, 3.63) is 82.9 Å². The molecule has 1 saturated heterocycles. The van der Waals surface area contributed by atoms with Crippen LogP contribution in [0.5, 0.6) is 11.5 Å². The number of ether oxygens (including phenoxy) is 1. The molecular formula is C29H31N5O4S. The molecule has 2 aliphatic heterocycles. The molecule has 202 valence electrons. The van der Waals surface area contributed by atoms with E-state index in [-0.39, 0.29) is 11.7 Å². The number of nitrogen functional groups attached to an aromatic ring is 1. The van der Waals surface area contributed by atoms with Gasteiger partial charge in [0, 0.05) is 29.6 Å². The molecule has 1 aliphatic carbocycles. The molecule has 1 fully saturated rings. The number of para-hydroxylation sites is 1. The van der Waals surface area contributed by atoms with Crippen LogP contribution in [-0.4, -0.2) is 53.3 Å². The van der Waals surface area contributed by atoms with Crippen molar-refractivity contribution >= 4 is 29.1 Å². The van der Waals surface area contributed by atoms with Gasteiger partial charge in [0.1, 0.15) is 17.0 Å². The van der Waals surface area contributed by atoms with Crippen LogP contribution in [0.1, 0.15) is 28.2 Å². The smallest absolute Gasteiger partial charge is 0.234 e. The summed E-state index contributed by atoms with van der Waals surface area (Å²) in [6.07, 6.45) is -0.682.